The standard InChI is InChI=1S/C22H22ClF2NO5S/c23-20-8-7-19(32-20)21(28)26-9-1-2-17(27)14-10-16(25)18(11-15(14)24)31-13-5-3-12(4-6-13)22(29)30/h7-8,10-13H,1-6,9H2,(H,26,28)(H,29,30). The average molecular weight is 486 g/mol. The van der Waals surface area contributed by atoms with Crippen LogP contribution in [0.2, 0.25) is 4.34 Å². The van der Waals surface area contributed by atoms with Gasteiger partial charge in [0, 0.05) is 19.0 Å². The molecular formula is C22H22ClF2NO5S. The summed E-state index contributed by atoms with van der Waals surface area (Å²) < 4.78 is 34.9. The lowest BCUT2D eigenvalue weighted by Crippen LogP contribution is -2.28. The number of aliphatic carboxylic acids is 1. The lowest BCUT2D eigenvalue weighted by Gasteiger charge is -2.27. The predicted octanol–water partition coefficient (Wildman–Crippen LogP) is 5.09. The van der Waals surface area contributed by atoms with Gasteiger partial charge >= 0.3 is 5.97 Å². The topological polar surface area (TPSA) is 92.7 Å². The number of carboxylic acids is 1. The van der Waals surface area contributed by atoms with Crippen molar-refractivity contribution in [1.82, 2.24) is 5.32 Å². The SMILES string of the molecule is O=C(NCCCC(=O)c1cc(F)c(OC2CCC(C(=O)O)CC2)cc1F)c1ccc(Cl)s1. The maximum absolute atomic E-state index is 14.4. The molecule has 1 aliphatic carbocycles. The maximum atomic E-state index is 14.4. The fourth-order valence-corrected chi connectivity index (χ4v) is 4.51. The number of thiophene rings is 1. The number of hydrogen-bond acceptors (Lipinski definition) is 5. The molecule has 6 nitrogen and oxygen atoms in total. The second-order valence-electron chi connectivity index (χ2n) is 7.58. The minimum atomic E-state index is -0.886. The van der Waals surface area contributed by atoms with Crippen LogP contribution in [0.3, 0.4) is 0 Å². The molecule has 10 heteroatoms. The van der Waals surface area contributed by atoms with Gasteiger partial charge in [-0.25, -0.2) is 8.78 Å². The van der Waals surface area contributed by atoms with Crippen LogP contribution in [0.1, 0.15) is 58.6 Å². The maximum Gasteiger partial charge on any atom is 0.306 e. The van der Waals surface area contributed by atoms with Gasteiger partial charge in [0.15, 0.2) is 17.3 Å². The van der Waals surface area contributed by atoms with Crippen LogP contribution in [-0.2, 0) is 4.79 Å². The molecule has 1 heterocycles. The number of carbonyl (C=O) groups is 3. The van der Waals surface area contributed by atoms with Crippen molar-refractivity contribution in [3.63, 3.8) is 0 Å². The van der Waals surface area contributed by atoms with E-state index >= 15 is 0 Å². The summed E-state index contributed by atoms with van der Waals surface area (Å²) in [6.07, 6.45) is 1.48. The van der Waals surface area contributed by atoms with E-state index in [2.05, 4.69) is 5.32 Å². The van der Waals surface area contributed by atoms with Crippen LogP contribution in [0.25, 0.3) is 0 Å². The molecule has 1 aliphatic rings. The van der Waals surface area contributed by atoms with Crippen molar-refractivity contribution >= 4 is 40.6 Å². The highest BCUT2D eigenvalue weighted by Crippen LogP contribution is 2.30. The Bertz CT molecular complexity index is 1000. The van der Waals surface area contributed by atoms with E-state index in [0.29, 0.717) is 34.9 Å². The van der Waals surface area contributed by atoms with Gasteiger partial charge in [-0.05, 0) is 50.3 Å². The third-order valence-electron chi connectivity index (χ3n) is 5.30. The van der Waals surface area contributed by atoms with E-state index in [1.54, 1.807) is 12.1 Å². The van der Waals surface area contributed by atoms with Crippen LogP contribution in [-0.4, -0.2) is 35.4 Å². The fraction of sp³-hybridized carbons (Fsp3) is 0.409. The van der Waals surface area contributed by atoms with Crippen molar-refractivity contribution in [3.8, 4) is 5.75 Å². The van der Waals surface area contributed by atoms with E-state index in [0.717, 1.165) is 23.5 Å². The van der Waals surface area contributed by atoms with E-state index in [1.165, 1.54) is 0 Å². The van der Waals surface area contributed by atoms with E-state index in [9.17, 15) is 23.2 Å². The number of hydrogen-bond donors (Lipinski definition) is 2. The van der Waals surface area contributed by atoms with Crippen LogP contribution in [0.15, 0.2) is 24.3 Å². The number of rotatable bonds is 9. The summed E-state index contributed by atoms with van der Waals surface area (Å²) in [5.41, 5.74) is -0.374. The van der Waals surface area contributed by atoms with E-state index in [4.69, 9.17) is 21.4 Å². The number of halogens is 3. The second-order valence-corrected chi connectivity index (χ2v) is 9.29. The van der Waals surface area contributed by atoms with Crippen LogP contribution >= 0.6 is 22.9 Å². The summed E-state index contributed by atoms with van der Waals surface area (Å²) in [6.45, 7) is 0.199. The van der Waals surface area contributed by atoms with E-state index in [-0.39, 0.29) is 36.6 Å². The van der Waals surface area contributed by atoms with Gasteiger partial charge in [0.1, 0.15) is 5.82 Å². The predicted molar refractivity (Wildman–Crippen MR) is 116 cm³/mol. The van der Waals surface area contributed by atoms with Crippen LogP contribution in [0.4, 0.5) is 8.78 Å². The Kier molecular flexibility index (Phi) is 8.20. The van der Waals surface area contributed by atoms with Crippen LogP contribution < -0.4 is 10.1 Å². The van der Waals surface area contributed by atoms with E-state index < -0.39 is 35.4 Å². The first-order valence-electron chi connectivity index (χ1n) is 10.2. The fourth-order valence-electron chi connectivity index (χ4n) is 3.55. The molecule has 172 valence electrons. The third-order valence-corrected chi connectivity index (χ3v) is 6.53. The lowest BCUT2D eigenvalue weighted by atomic mass is 9.87. The Morgan fingerprint density at radius 2 is 1.84 bits per heavy atom. The van der Waals surface area contributed by atoms with E-state index in [1.807, 2.05) is 0 Å². The highest BCUT2D eigenvalue weighted by molar-refractivity contribution is 7.17. The van der Waals surface area contributed by atoms with Crippen LogP contribution in [0, 0.1) is 17.6 Å². The zero-order valence-corrected chi connectivity index (χ0v) is 18.6. The summed E-state index contributed by atoms with van der Waals surface area (Å²) >= 11 is 6.92. The van der Waals surface area contributed by atoms with Gasteiger partial charge in [-0.3, -0.25) is 14.4 Å². The number of ketones is 1. The zero-order chi connectivity index (χ0) is 23.3. The Balaban J connectivity index is 1.50. The molecule has 1 fully saturated rings. The van der Waals surface area contributed by atoms with Gasteiger partial charge in [0.05, 0.1) is 26.8 Å². The minimum absolute atomic E-state index is 0.0682. The molecule has 1 saturated carbocycles. The molecule has 3 rings (SSSR count). The number of Topliss-reactive ketones (excluding diaryl/α,β-unsaturated/α-hetero) is 1. The van der Waals surface area contributed by atoms with Gasteiger partial charge in [-0.1, -0.05) is 11.6 Å². The molecule has 1 aromatic heterocycles. The molecule has 2 N–H and O–H groups in total. The number of ether oxygens (including phenoxy) is 1. The van der Waals surface area contributed by atoms with Gasteiger partial charge in [0.2, 0.25) is 0 Å². The normalized spacial score (nSPS) is 18.2. The summed E-state index contributed by atoms with van der Waals surface area (Å²) in [7, 11) is 0. The Morgan fingerprint density at radius 1 is 1.12 bits per heavy atom. The Morgan fingerprint density at radius 3 is 2.47 bits per heavy atom. The number of carbonyl (C=O) groups excluding carboxylic acids is 2. The zero-order valence-electron chi connectivity index (χ0n) is 17.0. The Labute approximate surface area is 192 Å². The second kappa shape index (κ2) is 10.9. The molecule has 0 atom stereocenters. The highest BCUT2D eigenvalue weighted by Gasteiger charge is 2.28. The number of amides is 1. The molecule has 1 aromatic carbocycles. The van der Waals surface area contributed by atoms with Crippen molar-refractivity contribution in [2.75, 3.05) is 6.54 Å². The van der Waals surface area contributed by atoms with Crippen LogP contribution in [0.5, 0.6) is 5.75 Å². The summed E-state index contributed by atoms with van der Waals surface area (Å²) in [6, 6.07) is 4.87. The number of carboxylic acid groups (broad SMARTS) is 1. The quantitative estimate of drug-likeness (QED) is 0.381. The Hall–Kier alpha value is -2.52. The minimum Gasteiger partial charge on any atom is -0.487 e. The monoisotopic (exact) mass is 485 g/mol. The van der Waals surface area contributed by atoms with Crippen molar-refractivity contribution in [1.29, 1.82) is 0 Å². The van der Waals surface area contributed by atoms with Gasteiger partial charge in [-0.15, -0.1) is 11.3 Å². The lowest BCUT2D eigenvalue weighted by molar-refractivity contribution is -0.143. The molecular weight excluding hydrogens is 464 g/mol. The summed E-state index contributed by atoms with van der Waals surface area (Å²) in [4.78, 5) is 35.7. The largest absolute Gasteiger partial charge is 0.487 e. The molecule has 0 aliphatic heterocycles. The van der Waals surface area contributed by atoms with Crippen molar-refractivity contribution < 1.29 is 33.0 Å². The van der Waals surface area contributed by atoms with Crippen molar-refractivity contribution in [2.24, 2.45) is 5.92 Å². The first-order valence-corrected chi connectivity index (χ1v) is 11.4. The first kappa shape index (κ1) is 24.1. The first-order chi connectivity index (χ1) is 15.2. The number of benzene rings is 1. The molecule has 0 saturated heterocycles. The van der Waals surface area contributed by atoms with Gasteiger partial charge in [-0.2, -0.15) is 0 Å². The number of nitrogens with one attached hydrogen (secondary N) is 1. The molecule has 0 unspecified atom stereocenters. The third kappa shape index (κ3) is 6.26. The van der Waals surface area contributed by atoms with Crippen molar-refractivity contribution in [3.05, 3.63) is 50.7 Å². The average Bonchev–Trinajstić information content (AvgIpc) is 3.20. The smallest absolute Gasteiger partial charge is 0.306 e. The summed E-state index contributed by atoms with van der Waals surface area (Å²) in [5, 5.41) is 11.7. The highest BCUT2D eigenvalue weighted by atomic mass is 35.5. The molecule has 2 aromatic rings. The van der Waals surface area contributed by atoms with Gasteiger partial charge in [0.25, 0.3) is 5.91 Å². The molecule has 0 radical (unpaired) electrons. The molecule has 0 bridgehead atoms. The molecule has 1 amide bonds. The summed E-state index contributed by atoms with van der Waals surface area (Å²) in [5.74, 6) is -4.22. The molecule has 0 spiro atoms. The van der Waals surface area contributed by atoms with Gasteiger partial charge < -0.3 is 15.2 Å². The van der Waals surface area contributed by atoms with Crippen molar-refractivity contribution in [2.45, 2.75) is 44.6 Å². The molecule has 32 heavy (non-hydrogen) atoms.